The molecular weight excluding hydrogens is 352 g/mol. The van der Waals surface area contributed by atoms with Crippen LogP contribution in [-0.4, -0.2) is 14.6 Å². The lowest BCUT2D eigenvalue weighted by atomic mass is 10.1. The standard InChI is InChI=1S/C18H16N4OS2/c1-3-13-10-15(23)22-18(20-13)25-17(21-22)19-14-6-4-5-12(9-14)16-11(2)7-8-24-16/h4-10H,3H2,1-2H3,(H,19,21). The van der Waals surface area contributed by atoms with Gasteiger partial charge >= 0.3 is 0 Å². The van der Waals surface area contributed by atoms with Crippen LogP contribution >= 0.6 is 22.7 Å². The van der Waals surface area contributed by atoms with E-state index in [0.29, 0.717) is 10.1 Å². The number of fused-ring (bicyclic) bond motifs is 1. The van der Waals surface area contributed by atoms with Gasteiger partial charge in [0.2, 0.25) is 10.1 Å². The SMILES string of the molecule is CCc1cc(=O)n2nc(Nc3cccc(-c4sccc4C)c3)sc2n1. The van der Waals surface area contributed by atoms with Gasteiger partial charge in [0.25, 0.3) is 5.56 Å². The van der Waals surface area contributed by atoms with Crippen LogP contribution in [0.5, 0.6) is 0 Å². The van der Waals surface area contributed by atoms with E-state index in [4.69, 9.17) is 0 Å². The molecule has 0 unspecified atom stereocenters. The van der Waals surface area contributed by atoms with Crippen molar-refractivity contribution in [3.63, 3.8) is 0 Å². The van der Waals surface area contributed by atoms with Crippen molar-refractivity contribution in [2.45, 2.75) is 20.3 Å². The number of aryl methyl sites for hydroxylation is 2. The monoisotopic (exact) mass is 368 g/mol. The van der Waals surface area contributed by atoms with Crippen LogP contribution in [0.4, 0.5) is 10.8 Å². The molecule has 126 valence electrons. The molecule has 25 heavy (non-hydrogen) atoms. The predicted molar refractivity (Wildman–Crippen MR) is 104 cm³/mol. The molecule has 1 N–H and O–H groups in total. The molecule has 4 aromatic rings. The minimum atomic E-state index is -0.144. The molecule has 0 saturated carbocycles. The average molecular weight is 368 g/mol. The summed E-state index contributed by atoms with van der Waals surface area (Å²) in [5.74, 6) is 0. The fraction of sp³-hybridized carbons (Fsp3) is 0.167. The van der Waals surface area contributed by atoms with Crippen LogP contribution in [-0.2, 0) is 6.42 Å². The fourth-order valence-electron chi connectivity index (χ4n) is 2.62. The first-order chi connectivity index (χ1) is 12.1. The summed E-state index contributed by atoms with van der Waals surface area (Å²) < 4.78 is 1.35. The first-order valence-electron chi connectivity index (χ1n) is 7.95. The second-order valence-corrected chi connectivity index (χ2v) is 7.55. The highest BCUT2D eigenvalue weighted by Gasteiger charge is 2.10. The maximum atomic E-state index is 12.1. The van der Waals surface area contributed by atoms with E-state index >= 15 is 0 Å². The van der Waals surface area contributed by atoms with Gasteiger partial charge in [-0.2, -0.15) is 4.52 Å². The van der Waals surface area contributed by atoms with Gasteiger partial charge in [-0.1, -0.05) is 30.4 Å². The van der Waals surface area contributed by atoms with Gasteiger partial charge in [0.05, 0.1) is 0 Å². The van der Waals surface area contributed by atoms with E-state index in [0.717, 1.165) is 17.8 Å². The molecule has 0 atom stereocenters. The molecule has 3 heterocycles. The molecule has 0 bridgehead atoms. The summed E-state index contributed by atoms with van der Waals surface area (Å²) in [6.45, 7) is 4.10. The Hall–Kier alpha value is -2.51. The minimum Gasteiger partial charge on any atom is -0.330 e. The molecule has 0 radical (unpaired) electrons. The summed E-state index contributed by atoms with van der Waals surface area (Å²) in [5.41, 5.74) is 4.02. The first kappa shape index (κ1) is 16.0. The van der Waals surface area contributed by atoms with E-state index < -0.39 is 0 Å². The average Bonchev–Trinajstić information content (AvgIpc) is 3.21. The number of nitrogens with one attached hydrogen (secondary N) is 1. The van der Waals surface area contributed by atoms with Gasteiger partial charge in [-0.05, 0) is 48.1 Å². The molecule has 7 heteroatoms. The Morgan fingerprint density at radius 2 is 2.12 bits per heavy atom. The number of benzene rings is 1. The van der Waals surface area contributed by atoms with Crippen molar-refractivity contribution in [1.29, 1.82) is 0 Å². The van der Waals surface area contributed by atoms with Crippen LogP contribution < -0.4 is 10.9 Å². The van der Waals surface area contributed by atoms with Gasteiger partial charge in [0, 0.05) is 22.3 Å². The van der Waals surface area contributed by atoms with Crippen molar-refractivity contribution in [3.05, 3.63) is 63.4 Å². The van der Waals surface area contributed by atoms with Crippen molar-refractivity contribution < 1.29 is 0 Å². The molecule has 0 aliphatic heterocycles. The Labute approximate surface area is 152 Å². The number of thiophene rings is 1. The summed E-state index contributed by atoms with van der Waals surface area (Å²) in [6.07, 6.45) is 0.731. The quantitative estimate of drug-likeness (QED) is 0.576. The molecule has 1 aromatic carbocycles. The molecule has 0 saturated heterocycles. The lowest BCUT2D eigenvalue weighted by Crippen LogP contribution is -2.15. The van der Waals surface area contributed by atoms with Gasteiger partial charge in [0.15, 0.2) is 0 Å². The van der Waals surface area contributed by atoms with Crippen molar-refractivity contribution in [3.8, 4) is 10.4 Å². The number of rotatable bonds is 4. The van der Waals surface area contributed by atoms with Crippen LogP contribution in [0.15, 0.2) is 46.6 Å². The molecule has 0 amide bonds. The number of hydrogen-bond donors (Lipinski definition) is 1. The van der Waals surface area contributed by atoms with Gasteiger partial charge in [-0.15, -0.1) is 16.4 Å². The molecule has 3 aromatic heterocycles. The van der Waals surface area contributed by atoms with E-state index in [1.54, 1.807) is 11.3 Å². The third-order valence-electron chi connectivity index (χ3n) is 3.90. The van der Waals surface area contributed by atoms with Crippen LogP contribution in [0, 0.1) is 6.92 Å². The van der Waals surface area contributed by atoms with E-state index in [1.165, 1.54) is 37.9 Å². The van der Waals surface area contributed by atoms with Crippen molar-refractivity contribution in [2.24, 2.45) is 0 Å². The fourth-order valence-corrected chi connectivity index (χ4v) is 4.39. The smallest absolute Gasteiger partial charge is 0.275 e. The largest absolute Gasteiger partial charge is 0.330 e. The number of anilines is 2. The summed E-state index contributed by atoms with van der Waals surface area (Å²) in [7, 11) is 0. The zero-order chi connectivity index (χ0) is 17.4. The third-order valence-corrected chi connectivity index (χ3v) is 5.79. The second kappa shape index (κ2) is 6.42. The van der Waals surface area contributed by atoms with E-state index in [9.17, 15) is 4.79 Å². The summed E-state index contributed by atoms with van der Waals surface area (Å²) in [5, 5.41) is 10.4. The third kappa shape index (κ3) is 3.08. The van der Waals surface area contributed by atoms with Crippen molar-refractivity contribution in [1.82, 2.24) is 14.6 Å². The first-order valence-corrected chi connectivity index (χ1v) is 9.65. The maximum absolute atomic E-state index is 12.1. The Bertz CT molecular complexity index is 1110. The van der Waals surface area contributed by atoms with Gasteiger partial charge in [-0.25, -0.2) is 4.98 Å². The molecule has 0 aliphatic carbocycles. The Kier molecular flexibility index (Phi) is 4.10. The van der Waals surface area contributed by atoms with Gasteiger partial charge in [-0.3, -0.25) is 4.79 Å². The molecular formula is C18H16N4OS2. The zero-order valence-corrected chi connectivity index (χ0v) is 15.4. The lowest BCUT2D eigenvalue weighted by Gasteiger charge is -2.05. The zero-order valence-electron chi connectivity index (χ0n) is 13.8. The molecule has 5 nitrogen and oxygen atoms in total. The van der Waals surface area contributed by atoms with E-state index in [1.807, 2.05) is 19.1 Å². The summed E-state index contributed by atoms with van der Waals surface area (Å²) in [4.78, 5) is 18.5. The highest BCUT2D eigenvalue weighted by molar-refractivity contribution is 7.20. The van der Waals surface area contributed by atoms with Crippen molar-refractivity contribution in [2.75, 3.05) is 5.32 Å². The predicted octanol–water partition coefficient (Wildman–Crippen LogP) is 4.49. The Morgan fingerprint density at radius 3 is 2.88 bits per heavy atom. The highest BCUT2D eigenvalue weighted by atomic mass is 32.1. The van der Waals surface area contributed by atoms with Crippen LogP contribution in [0.1, 0.15) is 18.2 Å². The normalized spacial score (nSPS) is 11.1. The van der Waals surface area contributed by atoms with Crippen LogP contribution in [0.25, 0.3) is 15.4 Å². The number of hydrogen-bond acceptors (Lipinski definition) is 6. The summed E-state index contributed by atoms with van der Waals surface area (Å²) in [6, 6.07) is 11.9. The summed E-state index contributed by atoms with van der Waals surface area (Å²) >= 11 is 3.11. The number of nitrogens with zero attached hydrogens (tertiary/aromatic N) is 3. The van der Waals surface area contributed by atoms with Crippen LogP contribution in [0.3, 0.4) is 0 Å². The molecule has 0 aliphatic rings. The Morgan fingerprint density at radius 1 is 1.24 bits per heavy atom. The minimum absolute atomic E-state index is 0.144. The molecule has 0 spiro atoms. The molecule has 4 rings (SSSR count). The topological polar surface area (TPSA) is 59.3 Å². The lowest BCUT2D eigenvalue weighted by molar-refractivity contribution is 0.879. The van der Waals surface area contributed by atoms with Crippen LogP contribution in [0.2, 0.25) is 0 Å². The highest BCUT2D eigenvalue weighted by Crippen LogP contribution is 2.31. The molecule has 0 fully saturated rings. The van der Waals surface area contributed by atoms with Gasteiger partial charge in [0.1, 0.15) is 0 Å². The number of aromatic nitrogens is 3. The Balaban J connectivity index is 1.69. The second-order valence-electron chi connectivity index (χ2n) is 5.68. The van der Waals surface area contributed by atoms with E-state index in [2.05, 4.69) is 45.9 Å². The van der Waals surface area contributed by atoms with Gasteiger partial charge < -0.3 is 5.32 Å². The van der Waals surface area contributed by atoms with E-state index in [-0.39, 0.29) is 5.56 Å². The maximum Gasteiger partial charge on any atom is 0.275 e. The van der Waals surface area contributed by atoms with Crippen molar-refractivity contribution >= 4 is 38.5 Å².